The molecule has 0 fully saturated rings. The zero-order valence-corrected chi connectivity index (χ0v) is 14.6. The molecule has 0 atom stereocenters. The normalized spacial score (nSPS) is 10.6. The van der Waals surface area contributed by atoms with Crippen LogP contribution in [0.4, 0.5) is 5.69 Å². The molecule has 2 heterocycles. The van der Waals surface area contributed by atoms with Gasteiger partial charge in [-0.05, 0) is 43.2 Å². The van der Waals surface area contributed by atoms with Gasteiger partial charge in [-0.1, -0.05) is 12.1 Å². The lowest BCUT2D eigenvalue weighted by Gasteiger charge is -2.08. The summed E-state index contributed by atoms with van der Waals surface area (Å²) in [5.74, 6) is 0.0156. The van der Waals surface area contributed by atoms with Crippen LogP contribution >= 0.6 is 11.3 Å². The fourth-order valence-electron chi connectivity index (χ4n) is 2.38. The number of anilines is 1. The number of pyridine rings is 1. The zero-order valence-electron chi connectivity index (χ0n) is 13.7. The Balaban J connectivity index is 1.59. The summed E-state index contributed by atoms with van der Waals surface area (Å²) >= 11 is 1.58. The molecule has 0 aliphatic heterocycles. The monoisotopic (exact) mass is 337 g/mol. The van der Waals surface area contributed by atoms with E-state index in [9.17, 15) is 4.79 Å². The second kappa shape index (κ2) is 7.36. The molecule has 0 radical (unpaired) electrons. The largest absolute Gasteiger partial charge is 0.326 e. The average Bonchev–Trinajstić information content (AvgIpc) is 3.06. The van der Waals surface area contributed by atoms with Crippen LogP contribution in [0.1, 0.15) is 22.6 Å². The van der Waals surface area contributed by atoms with E-state index in [4.69, 9.17) is 0 Å². The summed E-state index contributed by atoms with van der Waals surface area (Å²) in [6.07, 6.45) is 4.61. The van der Waals surface area contributed by atoms with Crippen LogP contribution in [0.15, 0.2) is 48.1 Å². The lowest BCUT2D eigenvalue weighted by molar-refractivity contribution is -0.116. The van der Waals surface area contributed by atoms with Crippen LogP contribution in [-0.2, 0) is 11.2 Å². The van der Waals surface area contributed by atoms with Crippen molar-refractivity contribution in [3.05, 3.63) is 64.2 Å². The van der Waals surface area contributed by atoms with E-state index in [1.807, 2.05) is 49.6 Å². The highest BCUT2D eigenvalue weighted by atomic mass is 32.1. The summed E-state index contributed by atoms with van der Waals surface area (Å²) in [7, 11) is 0. The van der Waals surface area contributed by atoms with E-state index in [-0.39, 0.29) is 5.91 Å². The number of amides is 1. The van der Waals surface area contributed by atoms with E-state index >= 15 is 0 Å². The van der Waals surface area contributed by atoms with Crippen LogP contribution in [-0.4, -0.2) is 15.9 Å². The number of benzene rings is 1. The Bertz CT molecular complexity index is 843. The number of hydrogen-bond donors (Lipinski definition) is 1. The van der Waals surface area contributed by atoms with Gasteiger partial charge in [0, 0.05) is 41.9 Å². The van der Waals surface area contributed by atoms with Gasteiger partial charge < -0.3 is 5.32 Å². The second-order valence-corrected chi connectivity index (χ2v) is 6.68. The number of nitrogens with one attached hydrogen (secondary N) is 1. The van der Waals surface area contributed by atoms with E-state index in [2.05, 4.69) is 15.3 Å². The van der Waals surface area contributed by atoms with Crippen molar-refractivity contribution in [2.75, 3.05) is 5.32 Å². The van der Waals surface area contributed by atoms with Crippen LogP contribution in [0.3, 0.4) is 0 Å². The third-order valence-corrected chi connectivity index (χ3v) is 4.65. The molecule has 122 valence electrons. The quantitative estimate of drug-likeness (QED) is 0.751. The lowest BCUT2D eigenvalue weighted by Crippen LogP contribution is -2.13. The molecule has 3 rings (SSSR count). The van der Waals surface area contributed by atoms with Crippen LogP contribution in [0, 0.1) is 13.8 Å². The van der Waals surface area contributed by atoms with Crippen molar-refractivity contribution in [1.29, 1.82) is 0 Å². The molecule has 2 aromatic heterocycles. The molecule has 5 heteroatoms. The van der Waals surface area contributed by atoms with Gasteiger partial charge in [-0.15, -0.1) is 11.3 Å². The van der Waals surface area contributed by atoms with Gasteiger partial charge in [0.2, 0.25) is 5.91 Å². The Morgan fingerprint density at radius 3 is 2.92 bits per heavy atom. The van der Waals surface area contributed by atoms with Crippen molar-refractivity contribution in [3.63, 3.8) is 0 Å². The van der Waals surface area contributed by atoms with E-state index in [1.165, 1.54) is 0 Å². The van der Waals surface area contributed by atoms with Crippen molar-refractivity contribution in [1.82, 2.24) is 9.97 Å². The maximum Gasteiger partial charge on any atom is 0.224 e. The molecule has 1 amide bonds. The highest BCUT2D eigenvalue weighted by Crippen LogP contribution is 2.22. The van der Waals surface area contributed by atoms with E-state index in [0.717, 1.165) is 33.1 Å². The van der Waals surface area contributed by atoms with Crippen molar-refractivity contribution < 1.29 is 4.79 Å². The number of nitrogens with zero attached hydrogens (tertiary/aromatic N) is 2. The Kier molecular flexibility index (Phi) is 5.01. The van der Waals surface area contributed by atoms with Crippen LogP contribution in [0.25, 0.3) is 11.3 Å². The Morgan fingerprint density at radius 2 is 2.12 bits per heavy atom. The molecule has 0 aliphatic rings. The van der Waals surface area contributed by atoms with E-state index in [0.29, 0.717) is 12.8 Å². The molecule has 0 unspecified atom stereocenters. The van der Waals surface area contributed by atoms with Gasteiger partial charge in [0.15, 0.2) is 0 Å². The lowest BCUT2D eigenvalue weighted by atomic mass is 10.1. The third-order valence-electron chi connectivity index (χ3n) is 3.74. The van der Waals surface area contributed by atoms with E-state index < -0.39 is 0 Å². The molecule has 0 spiro atoms. The molecule has 4 nitrogen and oxygen atoms in total. The highest BCUT2D eigenvalue weighted by Gasteiger charge is 2.09. The molecule has 0 saturated heterocycles. The first kappa shape index (κ1) is 16.3. The van der Waals surface area contributed by atoms with Crippen LogP contribution in [0.5, 0.6) is 0 Å². The maximum absolute atomic E-state index is 12.2. The number of carbonyl (C=O) groups is 1. The molecule has 3 aromatic rings. The predicted molar refractivity (Wildman–Crippen MR) is 98.2 cm³/mol. The molecule has 0 aliphatic carbocycles. The summed E-state index contributed by atoms with van der Waals surface area (Å²) in [5.41, 5.74) is 5.01. The molecule has 0 bridgehead atoms. The van der Waals surface area contributed by atoms with Gasteiger partial charge in [-0.2, -0.15) is 0 Å². The average molecular weight is 337 g/mol. The number of carbonyl (C=O) groups excluding carboxylic acids is 1. The summed E-state index contributed by atoms with van der Waals surface area (Å²) in [4.78, 5) is 20.9. The number of aryl methyl sites for hydroxylation is 3. The fourth-order valence-corrected chi connectivity index (χ4v) is 3.18. The molecule has 24 heavy (non-hydrogen) atoms. The standard InChI is InChI=1S/C19H19N3OS/c1-13-5-6-14(2)16(10-13)21-18(23)7-8-19-22-17(12-24-19)15-4-3-9-20-11-15/h3-6,9-12H,7-8H2,1-2H3,(H,21,23). The van der Waals surface area contributed by atoms with Crippen molar-refractivity contribution >= 4 is 22.9 Å². The zero-order chi connectivity index (χ0) is 16.9. The summed E-state index contributed by atoms with van der Waals surface area (Å²) in [6.45, 7) is 4.01. The van der Waals surface area contributed by atoms with Crippen molar-refractivity contribution in [2.24, 2.45) is 0 Å². The summed E-state index contributed by atoms with van der Waals surface area (Å²) in [6, 6.07) is 9.94. The van der Waals surface area contributed by atoms with Crippen molar-refractivity contribution in [3.8, 4) is 11.3 Å². The minimum absolute atomic E-state index is 0.0156. The van der Waals surface area contributed by atoms with Gasteiger partial charge in [0.25, 0.3) is 0 Å². The first-order valence-electron chi connectivity index (χ1n) is 7.84. The van der Waals surface area contributed by atoms with Gasteiger partial charge in [-0.25, -0.2) is 4.98 Å². The number of hydrogen-bond acceptors (Lipinski definition) is 4. The molecular formula is C19H19N3OS. The maximum atomic E-state index is 12.2. The molecule has 0 saturated carbocycles. The Hall–Kier alpha value is -2.53. The summed E-state index contributed by atoms with van der Waals surface area (Å²) in [5, 5.41) is 5.96. The fraction of sp³-hybridized carbons (Fsp3) is 0.211. The van der Waals surface area contributed by atoms with Crippen molar-refractivity contribution in [2.45, 2.75) is 26.7 Å². The van der Waals surface area contributed by atoms with Gasteiger partial charge >= 0.3 is 0 Å². The Labute approximate surface area is 145 Å². The van der Waals surface area contributed by atoms with Crippen LogP contribution in [0.2, 0.25) is 0 Å². The smallest absolute Gasteiger partial charge is 0.224 e. The minimum Gasteiger partial charge on any atom is -0.326 e. The number of aromatic nitrogens is 2. The minimum atomic E-state index is 0.0156. The van der Waals surface area contributed by atoms with Gasteiger partial charge in [0.05, 0.1) is 10.7 Å². The molecular weight excluding hydrogens is 318 g/mol. The first-order chi connectivity index (χ1) is 11.6. The highest BCUT2D eigenvalue weighted by molar-refractivity contribution is 7.09. The third kappa shape index (κ3) is 4.06. The predicted octanol–water partition coefficient (Wildman–Crippen LogP) is 4.39. The molecule has 1 N–H and O–H groups in total. The summed E-state index contributed by atoms with van der Waals surface area (Å²) < 4.78 is 0. The number of rotatable bonds is 5. The topological polar surface area (TPSA) is 54.9 Å². The van der Waals surface area contributed by atoms with Crippen LogP contribution < -0.4 is 5.32 Å². The van der Waals surface area contributed by atoms with Gasteiger partial charge in [0.1, 0.15) is 0 Å². The van der Waals surface area contributed by atoms with Gasteiger partial charge in [-0.3, -0.25) is 9.78 Å². The number of thiazole rings is 1. The molecule has 1 aromatic carbocycles. The van der Waals surface area contributed by atoms with E-state index in [1.54, 1.807) is 23.7 Å². The SMILES string of the molecule is Cc1ccc(C)c(NC(=O)CCc2nc(-c3cccnc3)cs2)c1. The second-order valence-electron chi connectivity index (χ2n) is 5.73. The Morgan fingerprint density at radius 1 is 1.25 bits per heavy atom. The first-order valence-corrected chi connectivity index (χ1v) is 8.72.